The smallest absolute Gasteiger partial charge is 0.158 e. The van der Waals surface area contributed by atoms with E-state index in [9.17, 15) is 0 Å². The van der Waals surface area contributed by atoms with Gasteiger partial charge < -0.3 is 15.7 Å². The highest BCUT2D eigenvalue weighted by atomic mass is 15.0. The van der Waals surface area contributed by atoms with Crippen LogP contribution in [-0.4, -0.2) is 19.9 Å². The molecule has 0 aliphatic rings. The average Bonchev–Trinajstić information content (AvgIpc) is 2.84. The van der Waals surface area contributed by atoms with E-state index in [4.69, 9.17) is 5.73 Å². The van der Waals surface area contributed by atoms with Gasteiger partial charge >= 0.3 is 0 Å². The number of rotatable bonds is 1. The Morgan fingerprint density at radius 3 is 3.00 bits per heavy atom. The van der Waals surface area contributed by atoms with Gasteiger partial charge in [0.25, 0.3) is 0 Å². The van der Waals surface area contributed by atoms with Crippen LogP contribution in [0.15, 0.2) is 30.7 Å². The Balaban J connectivity index is 2.22. The Bertz CT molecular complexity index is 593. The molecule has 0 amide bonds. The Morgan fingerprint density at radius 1 is 1.27 bits per heavy atom. The van der Waals surface area contributed by atoms with E-state index >= 15 is 0 Å². The van der Waals surface area contributed by atoms with Crippen molar-refractivity contribution in [2.24, 2.45) is 0 Å². The number of nitrogen functional groups attached to an aromatic ring is 1. The Labute approximate surface area is 85.4 Å². The van der Waals surface area contributed by atoms with Crippen LogP contribution >= 0.6 is 0 Å². The molecule has 0 spiro atoms. The third-order valence-corrected chi connectivity index (χ3v) is 2.25. The third kappa shape index (κ3) is 1.25. The number of nitrogens with zero attached hydrogens (tertiary/aromatic N) is 2. The number of nitrogens with one attached hydrogen (secondary N) is 2. The monoisotopic (exact) mass is 199 g/mol. The molecule has 1 aromatic carbocycles. The van der Waals surface area contributed by atoms with Crippen molar-refractivity contribution in [3.8, 4) is 11.5 Å². The molecule has 5 heteroatoms. The third-order valence-electron chi connectivity index (χ3n) is 2.25. The number of imidazole rings is 2. The zero-order valence-electron chi connectivity index (χ0n) is 7.86. The largest absolute Gasteiger partial charge is 0.399 e. The van der Waals surface area contributed by atoms with E-state index in [0.717, 1.165) is 22.6 Å². The molecule has 74 valence electrons. The maximum atomic E-state index is 5.68. The second-order valence-electron chi connectivity index (χ2n) is 3.32. The maximum absolute atomic E-state index is 5.68. The number of benzene rings is 1. The maximum Gasteiger partial charge on any atom is 0.158 e. The summed E-state index contributed by atoms with van der Waals surface area (Å²) < 4.78 is 0. The zero-order valence-corrected chi connectivity index (χ0v) is 7.86. The predicted molar refractivity (Wildman–Crippen MR) is 58.1 cm³/mol. The van der Waals surface area contributed by atoms with Crippen molar-refractivity contribution in [1.29, 1.82) is 0 Å². The van der Waals surface area contributed by atoms with Crippen LogP contribution in [-0.2, 0) is 0 Å². The van der Waals surface area contributed by atoms with Crippen LogP contribution in [0.2, 0.25) is 0 Å². The van der Waals surface area contributed by atoms with Gasteiger partial charge in [-0.15, -0.1) is 0 Å². The first kappa shape index (κ1) is 8.05. The minimum atomic E-state index is 0.711. The van der Waals surface area contributed by atoms with Gasteiger partial charge in [-0.25, -0.2) is 9.97 Å². The fraction of sp³-hybridized carbons (Fsp3) is 0. The van der Waals surface area contributed by atoms with Gasteiger partial charge in [-0.1, -0.05) is 0 Å². The summed E-state index contributed by atoms with van der Waals surface area (Å²) in [5.74, 6) is 0.747. The second-order valence-corrected chi connectivity index (χ2v) is 3.32. The van der Waals surface area contributed by atoms with Crippen LogP contribution in [0.4, 0.5) is 5.69 Å². The SMILES string of the molecule is Nc1ccc2[nH]c(-c3c[nH]cn3)nc2c1. The molecule has 0 fully saturated rings. The number of nitrogens with two attached hydrogens (primary N) is 1. The zero-order chi connectivity index (χ0) is 10.3. The first-order chi connectivity index (χ1) is 7.33. The van der Waals surface area contributed by atoms with Crippen molar-refractivity contribution in [1.82, 2.24) is 19.9 Å². The second kappa shape index (κ2) is 2.84. The predicted octanol–water partition coefficient (Wildman–Crippen LogP) is 1.54. The van der Waals surface area contributed by atoms with Crippen molar-refractivity contribution in [2.45, 2.75) is 0 Å². The highest BCUT2D eigenvalue weighted by Gasteiger charge is 2.06. The van der Waals surface area contributed by atoms with Gasteiger partial charge in [-0.2, -0.15) is 0 Å². The molecular weight excluding hydrogens is 190 g/mol. The molecular formula is C10H9N5. The molecule has 0 saturated heterocycles. The van der Waals surface area contributed by atoms with E-state index in [1.807, 2.05) is 18.2 Å². The Morgan fingerprint density at radius 2 is 2.20 bits per heavy atom. The number of H-pyrrole nitrogens is 2. The van der Waals surface area contributed by atoms with Crippen molar-refractivity contribution in [3.63, 3.8) is 0 Å². The molecule has 0 bridgehead atoms. The highest BCUT2D eigenvalue weighted by Crippen LogP contribution is 2.19. The molecule has 0 aliphatic heterocycles. The number of fused-ring (bicyclic) bond motifs is 1. The fourth-order valence-corrected chi connectivity index (χ4v) is 1.53. The van der Waals surface area contributed by atoms with Crippen molar-refractivity contribution in [2.75, 3.05) is 5.73 Å². The molecule has 3 aromatic rings. The molecule has 3 rings (SSSR count). The lowest BCUT2D eigenvalue weighted by atomic mass is 10.3. The summed E-state index contributed by atoms with van der Waals surface area (Å²) in [5, 5.41) is 0. The van der Waals surface area contributed by atoms with Crippen molar-refractivity contribution in [3.05, 3.63) is 30.7 Å². The molecule has 15 heavy (non-hydrogen) atoms. The van der Waals surface area contributed by atoms with Gasteiger partial charge in [-0.05, 0) is 18.2 Å². The standard InChI is InChI=1S/C10H9N5/c11-6-1-2-7-8(3-6)15-10(14-7)9-4-12-5-13-9/h1-5H,11H2,(H,12,13)(H,14,15). The lowest BCUT2D eigenvalue weighted by molar-refractivity contribution is 1.27. The summed E-state index contributed by atoms with van der Waals surface area (Å²) in [5.41, 5.74) is 9.00. The van der Waals surface area contributed by atoms with Crippen LogP contribution in [0, 0.1) is 0 Å². The highest BCUT2D eigenvalue weighted by molar-refractivity contribution is 5.81. The molecule has 0 unspecified atom stereocenters. The molecule has 2 aromatic heterocycles. The normalized spacial score (nSPS) is 10.9. The van der Waals surface area contributed by atoms with Gasteiger partial charge in [-0.3, -0.25) is 0 Å². The minimum absolute atomic E-state index is 0.711. The van der Waals surface area contributed by atoms with Gasteiger partial charge in [0, 0.05) is 11.9 Å². The summed E-state index contributed by atoms with van der Waals surface area (Å²) in [6, 6.07) is 5.59. The van der Waals surface area contributed by atoms with E-state index in [2.05, 4.69) is 19.9 Å². The quantitative estimate of drug-likeness (QED) is 0.520. The molecule has 0 radical (unpaired) electrons. The van der Waals surface area contributed by atoms with Gasteiger partial charge in [0.15, 0.2) is 5.82 Å². The van der Waals surface area contributed by atoms with Gasteiger partial charge in [0.1, 0.15) is 5.69 Å². The first-order valence-electron chi connectivity index (χ1n) is 4.57. The summed E-state index contributed by atoms with van der Waals surface area (Å²) in [7, 11) is 0. The lowest BCUT2D eigenvalue weighted by Gasteiger charge is -1.89. The van der Waals surface area contributed by atoms with Crippen LogP contribution in [0.1, 0.15) is 0 Å². The number of aromatic nitrogens is 4. The number of hydrogen-bond donors (Lipinski definition) is 3. The summed E-state index contributed by atoms with van der Waals surface area (Å²) in [6.45, 7) is 0. The van der Waals surface area contributed by atoms with Gasteiger partial charge in [0.2, 0.25) is 0 Å². The molecule has 0 aliphatic carbocycles. The summed E-state index contributed by atoms with van der Waals surface area (Å²) >= 11 is 0. The average molecular weight is 199 g/mol. The van der Waals surface area contributed by atoms with Crippen LogP contribution in [0.25, 0.3) is 22.6 Å². The fourth-order valence-electron chi connectivity index (χ4n) is 1.53. The van der Waals surface area contributed by atoms with Gasteiger partial charge in [0.05, 0.1) is 17.4 Å². The van der Waals surface area contributed by atoms with Crippen LogP contribution in [0.3, 0.4) is 0 Å². The topological polar surface area (TPSA) is 83.4 Å². The Kier molecular flexibility index (Phi) is 1.53. The minimum Gasteiger partial charge on any atom is -0.399 e. The summed E-state index contributed by atoms with van der Waals surface area (Å²) in [4.78, 5) is 14.6. The Hall–Kier alpha value is -2.30. The van der Waals surface area contributed by atoms with Crippen LogP contribution < -0.4 is 5.73 Å². The van der Waals surface area contributed by atoms with Crippen molar-refractivity contribution < 1.29 is 0 Å². The van der Waals surface area contributed by atoms with Crippen molar-refractivity contribution >= 4 is 16.7 Å². The van der Waals surface area contributed by atoms with E-state index in [1.165, 1.54) is 0 Å². The molecule has 0 atom stereocenters. The number of hydrogen-bond acceptors (Lipinski definition) is 3. The molecule has 4 N–H and O–H groups in total. The number of aromatic amines is 2. The van der Waals surface area contributed by atoms with Crippen LogP contribution in [0.5, 0.6) is 0 Å². The van der Waals surface area contributed by atoms with E-state index < -0.39 is 0 Å². The number of anilines is 1. The van der Waals surface area contributed by atoms with E-state index in [0.29, 0.717) is 5.69 Å². The molecule has 5 nitrogen and oxygen atoms in total. The molecule has 0 saturated carbocycles. The lowest BCUT2D eigenvalue weighted by Crippen LogP contribution is -1.82. The first-order valence-corrected chi connectivity index (χ1v) is 4.57. The van der Waals surface area contributed by atoms with E-state index in [1.54, 1.807) is 12.5 Å². The van der Waals surface area contributed by atoms with E-state index in [-0.39, 0.29) is 0 Å². The molecule has 2 heterocycles. The summed E-state index contributed by atoms with van der Waals surface area (Å²) in [6.07, 6.45) is 3.41.